The van der Waals surface area contributed by atoms with E-state index >= 15 is 0 Å². The molecule has 1 aliphatic heterocycles. The molecular formula is C24H25N3O3. The van der Waals surface area contributed by atoms with Crippen molar-refractivity contribution < 1.29 is 14.3 Å². The number of nitrogens with one attached hydrogen (secondary N) is 1. The van der Waals surface area contributed by atoms with Gasteiger partial charge in [0.1, 0.15) is 18.2 Å². The van der Waals surface area contributed by atoms with Crippen LogP contribution in [0.15, 0.2) is 72.9 Å². The SMILES string of the molecule is O=C(NCc1cccnc1N1CCOCC1)c1ccccc1COc1ccccc1. The number of benzene rings is 2. The average Bonchev–Trinajstić information content (AvgIpc) is 2.83. The molecule has 0 aliphatic carbocycles. The van der Waals surface area contributed by atoms with E-state index in [-0.39, 0.29) is 5.91 Å². The van der Waals surface area contributed by atoms with Gasteiger partial charge in [0.25, 0.3) is 5.91 Å². The molecule has 0 spiro atoms. The first kappa shape index (κ1) is 19.9. The van der Waals surface area contributed by atoms with Crippen LogP contribution in [0.25, 0.3) is 0 Å². The molecule has 1 saturated heterocycles. The summed E-state index contributed by atoms with van der Waals surface area (Å²) >= 11 is 0. The molecule has 1 aromatic heterocycles. The number of para-hydroxylation sites is 1. The van der Waals surface area contributed by atoms with E-state index in [1.54, 1.807) is 6.20 Å². The second kappa shape index (κ2) is 9.89. The Hall–Kier alpha value is -3.38. The first-order chi connectivity index (χ1) is 14.8. The number of hydrogen-bond donors (Lipinski definition) is 1. The van der Waals surface area contributed by atoms with Crippen LogP contribution in [0.2, 0.25) is 0 Å². The zero-order valence-corrected chi connectivity index (χ0v) is 16.8. The van der Waals surface area contributed by atoms with E-state index in [0.29, 0.717) is 31.9 Å². The van der Waals surface area contributed by atoms with E-state index in [9.17, 15) is 4.79 Å². The van der Waals surface area contributed by atoms with Gasteiger partial charge in [-0.05, 0) is 24.3 Å². The van der Waals surface area contributed by atoms with E-state index in [1.165, 1.54) is 0 Å². The number of hydrogen-bond acceptors (Lipinski definition) is 5. The zero-order chi connectivity index (χ0) is 20.6. The number of anilines is 1. The predicted molar refractivity (Wildman–Crippen MR) is 116 cm³/mol. The van der Waals surface area contributed by atoms with Crippen LogP contribution < -0.4 is 15.0 Å². The highest BCUT2D eigenvalue weighted by Gasteiger charge is 2.17. The third-order valence-corrected chi connectivity index (χ3v) is 5.02. The van der Waals surface area contributed by atoms with Crippen LogP contribution in [0.5, 0.6) is 5.75 Å². The third kappa shape index (κ3) is 4.96. The highest BCUT2D eigenvalue weighted by atomic mass is 16.5. The summed E-state index contributed by atoms with van der Waals surface area (Å²) in [6.07, 6.45) is 1.78. The minimum absolute atomic E-state index is 0.126. The maximum atomic E-state index is 12.9. The first-order valence-electron chi connectivity index (χ1n) is 10.1. The lowest BCUT2D eigenvalue weighted by Gasteiger charge is -2.29. The number of carbonyl (C=O) groups excluding carboxylic acids is 1. The lowest BCUT2D eigenvalue weighted by atomic mass is 10.1. The maximum absolute atomic E-state index is 12.9. The van der Waals surface area contributed by atoms with E-state index in [0.717, 1.165) is 35.8 Å². The molecule has 0 saturated carbocycles. The summed E-state index contributed by atoms with van der Waals surface area (Å²) in [6.45, 7) is 3.73. The molecule has 1 fully saturated rings. The van der Waals surface area contributed by atoms with Gasteiger partial charge in [0.2, 0.25) is 0 Å². The molecule has 4 rings (SSSR count). The molecule has 2 aromatic carbocycles. The summed E-state index contributed by atoms with van der Waals surface area (Å²) in [5, 5.41) is 3.04. The summed E-state index contributed by atoms with van der Waals surface area (Å²) in [5.74, 6) is 1.55. The smallest absolute Gasteiger partial charge is 0.251 e. The van der Waals surface area contributed by atoms with Gasteiger partial charge in [-0.1, -0.05) is 42.5 Å². The average molecular weight is 403 g/mol. The Morgan fingerprint density at radius 1 is 0.967 bits per heavy atom. The van der Waals surface area contributed by atoms with Crippen molar-refractivity contribution in [1.29, 1.82) is 0 Å². The van der Waals surface area contributed by atoms with Gasteiger partial charge in [0.15, 0.2) is 0 Å². The normalized spacial score (nSPS) is 13.7. The summed E-state index contributed by atoms with van der Waals surface area (Å²) in [5.41, 5.74) is 2.45. The molecule has 1 aliphatic rings. The Kier molecular flexibility index (Phi) is 6.57. The van der Waals surface area contributed by atoms with E-state index in [2.05, 4.69) is 15.2 Å². The minimum Gasteiger partial charge on any atom is -0.489 e. The summed E-state index contributed by atoms with van der Waals surface area (Å²) < 4.78 is 11.3. The standard InChI is InChI=1S/C24H25N3O3/c28-24(22-11-5-4-7-20(22)18-30-21-9-2-1-3-10-21)26-17-19-8-6-12-25-23(19)27-13-15-29-16-14-27/h1-12H,13-18H2,(H,26,28). The van der Waals surface area contributed by atoms with Gasteiger partial charge in [-0.3, -0.25) is 4.79 Å². The number of pyridine rings is 1. The molecule has 154 valence electrons. The summed E-state index contributed by atoms with van der Waals surface area (Å²) in [4.78, 5) is 19.7. The zero-order valence-electron chi connectivity index (χ0n) is 16.8. The number of amides is 1. The van der Waals surface area contributed by atoms with Crippen molar-refractivity contribution in [2.75, 3.05) is 31.2 Å². The molecule has 1 amide bonds. The molecule has 6 nitrogen and oxygen atoms in total. The van der Waals surface area contributed by atoms with Crippen molar-refractivity contribution in [3.05, 3.63) is 89.6 Å². The summed E-state index contributed by atoms with van der Waals surface area (Å²) in [6, 6.07) is 21.0. The second-order valence-electron chi connectivity index (χ2n) is 7.03. The van der Waals surface area contributed by atoms with Crippen molar-refractivity contribution in [2.45, 2.75) is 13.2 Å². The summed E-state index contributed by atoms with van der Waals surface area (Å²) in [7, 11) is 0. The fourth-order valence-electron chi connectivity index (χ4n) is 3.44. The highest BCUT2D eigenvalue weighted by Crippen LogP contribution is 2.19. The Labute approximate surface area is 176 Å². The minimum atomic E-state index is -0.126. The van der Waals surface area contributed by atoms with E-state index in [4.69, 9.17) is 9.47 Å². The number of carbonyl (C=O) groups is 1. The van der Waals surface area contributed by atoms with Gasteiger partial charge in [-0.25, -0.2) is 4.98 Å². The molecule has 0 unspecified atom stereocenters. The third-order valence-electron chi connectivity index (χ3n) is 5.02. The van der Waals surface area contributed by atoms with E-state index < -0.39 is 0 Å². The van der Waals surface area contributed by atoms with Gasteiger partial charge < -0.3 is 19.7 Å². The van der Waals surface area contributed by atoms with Crippen LogP contribution in [-0.2, 0) is 17.9 Å². The Bertz CT molecular complexity index is 972. The molecular weight excluding hydrogens is 378 g/mol. The largest absolute Gasteiger partial charge is 0.489 e. The van der Waals surface area contributed by atoms with Crippen molar-refractivity contribution in [1.82, 2.24) is 10.3 Å². The number of morpholine rings is 1. The fourth-order valence-corrected chi connectivity index (χ4v) is 3.44. The van der Waals surface area contributed by atoms with Gasteiger partial charge >= 0.3 is 0 Å². The second-order valence-corrected chi connectivity index (χ2v) is 7.03. The van der Waals surface area contributed by atoms with Gasteiger partial charge in [0, 0.05) is 42.5 Å². The maximum Gasteiger partial charge on any atom is 0.251 e. The van der Waals surface area contributed by atoms with Crippen LogP contribution in [-0.4, -0.2) is 37.2 Å². The van der Waals surface area contributed by atoms with Crippen LogP contribution in [0.3, 0.4) is 0 Å². The number of rotatable bonds is 7. The lowest BCUT2D eigenvalue weighted by Crippen LogP contribution is -2.37. The molecule has 0 atom stereocenters. The molecule has 30 heavy (non-hydrogen) atoms. The van der Waals surface area contributed by atoms with Crippen LogP contribution in [0.4, 0.5) is 5.82 Å². The topological polar surface area (TPSA) is 63.7 Å². The van der Waals surface area contributed by atoms with Crippen LogP contribution >= 0.6 is 0 Å². The van der Waals surface area contributed by atoms with Gasteiger partial charge in [-0.15, -0.1) is 0 Å². The van der Waals surface area contributed by atoms with Crippen LogP contribution in [0.1, 0.15) is 21.5 Å². The molecule has 6 heteroatoms. The van der Waals surface area contributed by atoms with Crippen molar-refractivity contribution in [2.24, 2.45) is 0 Å². The van der Waals surface area contributed by atoms with Gasteiger partial charge in [0.05, 0.1) is 13.2 Å². The van der Waals surface area contributed by atoms with Crippen molar-refractivity contribution in [3.8, 4) is 5.75 Å². The van der Waals surface area contributed by atoms with Crippen LogP contribution in [0, 0.1) is 0 Å². The van der Waals surface area contributed by atoms with Crippen molar-refractivity contribution in [3.63, 3.8) is 0 Å². The number of aromatic nitrogens is 1. The monoisotopic (exact) mass is 403 g/mol. The Balaban J connectivity index is 1.43. The Morgan fingerprint density at radius 3 is 2.53 bits per heavy atom. The van der Waals surface area contributed by atoms with Crippen molar-refractivity contribution >= 4 is 11.7 Å². The predicted octanol–water partition coefficient (Wildman–Crippen LogP) is 3.43. The molecule has 0 radical (unpaired) electrons. The molecule has 3 aromatic rings. The molecule has 2 heterocycles. The molecule has 1 N–H and O–H groups in total. The quantitative estimate of drug-likeness (QED) is 0.655. The lowest BCUT2D eigenvalue weighted by molar-refractivity contribution is 0.0948. The Morgan fingerprint density at radius 2 is 1.70 bits per heavy atom. The first-order valence-corrected chi connectivity index (χ1v) is 10.1. The van der Waals surface area contributed by atoms with Gasteiger partial charge in [-0.2, -0.15) is 0 Å². The van der Waals surface area contributed by atoms with E-state index in [1.807, 2.05) is 66.7 Å². The number of ether oxygens (including phenoxy) is 2. The fraction of sp³-hybridized carbons (Fsp3) is 0.250. The highest BCUT2D eigenvalue weighted by molar-refractivity contribution is 5.95. The number of nitrogens with zero attached hydrogens (tertiary/aromatic N) is 2. The molecule has 0 bridgehead atoms.